The number of alkyl halides is 6. The number of benzene rings is 1. The molecule has 0 heterocycles. The first-order valence-corrected chi connectivity index (χ1v) is 6.18. The zero-order valence-electron chi connectivity index (χ0n) is 11.6. The highest BCUT2D eigenvalue weighted by molar-refractivity contribution is 5.95. The monoisotopic (exact) mass is 343 g/mol. The van der Waals surface area contributed by atoms with Gasteiger partial charge in [-0.2, -0.15) is 26.3 Å². The van der Waals surface area contributed by atoms with Crippen molar-refractivity contribution in [3.05, 3.63) is 29.8 Å². The van der Waals surface area contributed by atoms with Crippen LogP contribution in [0.25, 0.3) is 0 Å². The van der Waals surface area contributed by atoms with Gasteiger partial charge in [0.2, 0.25) is 11.8 Å². The fraction of sp³-hybridized carbons (Fsp3) is 0.385. The lowest BCUT2D eigenvalue weighted by atomic mass is 10.1. The van der Waals surface area contributed by atoms with Gasteiger partial charge in [0.15, 0.2) is 0 Å². The summed E-state index contributed by atoms with van der Waals surface area (Å²) >= 11 is 0. The third-order valence-electron chi connectivity index (χ3n) is 2.58. The van der Waals surface area contributed by atoms with E-state index in [-0.39, 0.29) is 17.9 Å². The lowest BCUT2D eigenvalue weighted by Gasteiger charge is -2.22. The van der Waals surface area contributed by atoms with Crippen molar-refractivity contribution in [2.75, 3.05) is 11.9 Å². The summed E-state index contributed by atoms with van der Waals surface area (Å²) < 4.78 is 78.9. The van der Waals surface area contributed by atoms with Gasteiger partial charge in [0.1, 0.15) is 0 Å². The van der Waals surface area contributed by atoms with Crippen LogP contribution in [-0.4, -0.2) is 30.8 Å². The minimum atomic E-state index is -5.77. The largest absolute Gasteiger partial charge is 0.462 e. The van der Waals surface area contributed by atoms with E-state index in [1.54, 1.807) is 6.92 Å². The summed E-state index contributed by atoms with van der Waals surface area (Å²) in [6, 6.07) is 4.19. The number of rotatable bonds is 4. The molecule has 0 bridgehead atoms. The maximum atomic E-state index is 12.4. The van der Waals surface area contributed by atoms with Gasteiger partial charge in [-0.3, -0.25) is 4.79 Å². The lowest BCUT2D eigenvalue weighted by Crippen LogP contribution is -2.45. The van der Waals surface area contributed by atoms with Crippen LogP contribution < -0.4 is 5.32 Å². The van der Waals surface area contributed by atoms with Crippen molar-refractivity contribution >= 4 is 17.6 Å². The molecule has 0 spiro atoms. The topological polar surface area (TPSA) is 55.4 Å². The molecule has 0 unspecified atom stereocenters. The second kappa shape index (κ2) is 6.88. The van der Waals surface area contributed by atoms with Gasteiger partial charge in [-0.1, -0.05) is 0 Å². The van der Waals surface area contributed by atoms with Gasteiger partial charge in [-0.15, -0.1) is 0 Å². The number of halogens is 6. The second-order valence-corrected chi connectivity index (χ2v) is 4.30. The maximum absolute atomic E-state index is 12.4. The van der Waals surface area contributed by atoms with Crippen LogP contribution in [0.4, 0.5) is 32.0 Å². The second-order valence-electron chi connectivity index (χ2n) is 4.30. The number of ether oxygens (including phenoxy) is 1. The van der Waals surface area contributed by atoms with Crippen molar-refractivity contribution < 1.29 is 40.7 Å². The number of hydrogen-bond donors (Lipinski definition) is 1. The molecule has 0 saturated carbocycles. The fourth-order valence-electron chi connectivity index (χ4n) is 1.60. The smallest absolute Gasteiger partial charge is 0.409 e. The number of amides is 1. The molecular weight excluding hydrogens is 332 g/mol. The Morgan fingerprint density at radius 3 is 1.91 bits per heavy atom. The van der Waals surface area contributed by atoms with E-state index in [4.69, 9.17) is 0 Å². The molecule has 0 fully saturated rings. The molecule has 0 saturated heterocycles. The number of carbonyl (C=O) groups is 2. The summed E-state index contributed by atoms with van der Waals surface area (Å²) in [5.41, 5.74) is -0.283. The van der Waals surface area contributed by atoms with E-state index in [1.165, 1.54) is 5.32 Å². The quantitative estimate of drug-likeness (QED) is 0.672. The molecule has 4 nitrogen and oxygen atoms in total. The predicted molar refractivity (Wildman–Crippen MR) is 66.6 cm³/mol. The van der Waals surface area contributed by atoms with Crippen molar-refractivity contribution in [1.82, 2.24) is 0 Å². The molecule has 0 aromatic heterocycles. The summed E-state index contributed by atoms with van der Waals surface area (Å²) in [5, 5.41) is 1.52. The highest BCUT2D eigenvalue weighted by atomic mass is 19.4. The Labute approximate surface area is 126 Å². The van der Waals surface area contributed by atoms with E-state index in [1.807, 2.05) is 0 Å². The molecule has 10 heteroatoms. The fourth-order valence-corrected chi connectivity index (χ4v) is 1.60. The summed E-state index contributed by atoms with van der Waals surface area (Å²) in [6.45, 7) is 1.65. The average molecular weight is 343 g/mol. The molecule has 0 aliphatic carbocycles. The van der Waals surface area contributed by atoms with E-state index < -0.39 is 30.1 Å². The average Bonchev–Trinajstić information content (AvgIpc) is 2.36. The molecule has 0 atom stereocenters. The van der Waals surface area contributed by atoms with E-state index in [0.29, 0.717) is 0 Å². The summed E-state index contributed by atoms with van der Waals surface area (Å²) in [5.74, 6) is -7.11. The van der Waals surface area contributed by atoms with Crippen LogP contribution in [0.2, 0.25) is 0 Å². The minimum Gasteiger partial charge on any atom is -0.462 e. The van der Waals surface area contributed by atoms with Crippen molar-refractivity contribution in [2.45, 2.75) is 19.3 Å². The van der Waals surface area contributed by atoms with Gasteiger partial charge in [0, 0.05) is 5.69 Å². The predicted octanol–water partition coefficient (Wildman–Crippen LogP) is 3.54. The van der Waals surface area contributed by atoms with Gasteiger partial charge in [-0.25, -0.2) is 4.79 Å². The van der Waals surface area contributed by atoms with Crippen molar-refractivity contribution in [2.24, 2.45) is 5.92 Å². The summed E-state index contributed by atoms with van der Waals surface area (Å²) in [6.07, 6.45) is -11.5. The van der Waals surface area contributed by atoms with Crippen molar-refractivity contribution in [3.8, 4) is 0 Å². The first-order valence-electron chi connectivity index (χ1n) is 6.18. The third kappa shape index (κ3) is 5.15. The maximum Gasteiger partial charge on any atom is 0.409 e. The Bertz CT molecular complexity index is 551. The molecule has 1 N–H and O–H groups in total. The normalized spacial score (nSPS) is 12.2. The lowest BCUT2D eigenvalue weighted by molar-refractivity contribution is -0.272. The van der Waals surface area contributed by atoms with Gasteiger partial charge >= 0.3 is 18.3 Å². The van der Waals surface area contributed by atoms with E-state index in [0.717, 1.165) is 24.3 Å². The van der Waals surface area contributed by atoms with Crippen LogP contribution in [0.3, 0.4) is 0 Å². The van der Waals surface area contributed by atoms with E-state index in [2.05, 4.69) is 4.74 Å². The Morgan fingerprint density at radius 1 is 1.04 bits per heavy atom. The molecule has 23 heavy (non-hydrogen) atoms. The minimum absolute atomic E-state index is 0.0352. The van der Waals surface area contributed by atoms with Crippen LogP contribution in [0.15, 0.2) is 24.3 Å². The number of carbonyl (C=O) groups excluding carboxylic acids is 2. The molecule has 128 valence electrons. The van der Waals surface area contributed by atoms with Crippen molar-refractivity contribution in [1.29, 1.82) is 0 Å². The highest BCUT2D eigenvalue weighted by Gasteiger charge is 2.61. The molecular formula is C13H11F6NO3. The molecule has 1 rings (SSSR count). The number of hydrogen-bond acceptors (Lipinski definition) is 3. The van der Waals surface area contributed by atoms with E-state index >= 15 is 0 Å². The molecule has 1 aromatic rings. The van der Waals surface area contributed by atoms with Gasteiger partial charge < -0.3 is 10.1 Å². The molecule has 1 aromatic carbocycles. The highest BCUT2D eigenvalue weighted by Crippen LogP contribution is 2.39. The molecule has 0 radical (unpaired) electrons. The molecule has 0 aliphatic heterocycles. The molecule has 0 aliphatic rings. The van der Waals surface area contributed by atoms with Crippen LogP contribution in [-0.2, 0) is 9.53 Å². The molecule has 1 amide bonds. The third-order valence-corrected chi connectivity index (χ3v) is 2.58. The Kier molecular flexibility index (Phi) is 5.62. The summed E-state index contributed by atoms with van der Waals surface area (Å²) in [4.78, 5) is 22.6. The Morgan fingerprint density at radius 2 is 1.52 bits per heavy atom. The van der Waals surface area contributed by atoms with Gasteiger partial charge in [0.25, 0.3) is 0 Å². The first kappa shape index (κ1) is 18.8. The zero-order valence-corrected chi connectivity index (χ0v) is 11.6. The van der Waals surface area contributed by atoms with Gasteiger partial charge in [-0.05, 0) is 31.2 Å². The summed E-state index contributed by atoms with van der Waals surface area (Å²) in [7, 11) is 0. The SMILES string of the molecule is CCOC(=O)c1ccc(NC(=O)C(C(F)(F)F)C(F)(F)F)cc1. The van der Waals surface area contributed by atoms with Gasteiger partial charge in [0.05, 0.1) is 12.2 Å². The van der Waals surface area contributed by atoms with Crippen molar-refractivity contribution in [3.63, 3.8) is 0 Å². The number of esters is 1. The Balaban J connectivity index is 2.90. The first-order chi connectivity index (χ1) is 10.5. The number of anilines is 1. The van der Waals surface area contributed by atoms with Crippen LogP contribution in [0, 0.1) is 5.92 Å². The van der Waals surface area contributed by atoms with Crippen LogP contribution >= 0.6 is 0 Å². The Hall–Kier alpha value is -2.26. The standard InChI is InChI=1S/C13H11F6NO3/c1-2-23-11(22)7-3-5-8(6-4-7)20-10(21)9(12(14,15)16)13(17,18)19/h3-6,9H,2H2,1H3,(H,20,21). The van der Waals surface area contributed by atoms with Crippen LogP contribution in [0.1, 0.15) is 17.3 Å². The van der Waals surface area contributed by atoms with Crippen LogP contribution in [0.5, 0.6) is 0 Å². The number of nitrogens with one attached hydrogen (secondary N) is 1. The van der Waals surface area contributed by atoms with E-state index in [9.17, 15) is 35.9 Å². The zero-order chi connectivity index (χ0) is 17.8.